The molecule has 7 heteroatoms. The number of carbonyl (C=O) groups excluding carboxylic acids is 1. The van der Waals surface area contributed by atoms with Gasteiger partial charge < -0.3 is 14.8 Å². The molecule has 0 aromatic heterocycles. The maximum absolute atomic E-state index is 12.7. The van der Waals surface area contributed by atoms with E-state index in [1.807, 2.05) is 25.1 Å². The van der Waals surface area contributed by atoms with Crippen LogP contribution in [0.25, 0.3) is 0 Å². The van der Waals surface area contributed by atoms with E-state index in [0.717, 1.165) is 44.2 Å². The molecule has 1 saturated heterocycles. The van der Waals surface area contributed by atoms with Crippen molar-refractivity contribution in [2.24, 2.45) is 0 Å². The molecule has 1 N–H and O–H groups in total. The van der Waals surface area contributed by atoms with Crippen LogP contribution in [0.3, 0.4) is 0 Å². The molecule has 2 aromatic carbocycles. The van der Waals surface area contributed by atoms with Gasteiger partial charge in [0.1, 0.15) is 6.07 Å². The third-order valence-electron chi connectivity index (χ3n) is 5.88. The molecule has 0 unspecified atom stereocenters. The third kappa shape index (κ3) is 5.35. The largest absolute Gasteiger partial charge is 0.493 e. The number of aryl methyl sites for hydroxylation is 1. The second-order valence-electron chi connectivity index (χ2n) is 7.77. The maximum Gasteiger partial charge on any atom is 0.241 e. The first-order valence-corrected chi connectivity index (χ1v) is 10.4. The number of ether oxygens (including phenoxy) is 2. The third-order valence-corrected chi connectivity index (χ3v) is 5.88. The molecule has 1 aliphatic rings. The highest BCUT2D eigenvalue weighted by atomic mass is 16.5. The Balaban J connectivity index is 1.57. The molecule has 1 fully saturated rings. The highest BCUT2D eigenvalue weighted by molar-refractivity contribution is 5.95. The lowest BCUT2D eigenvalue weighted by Crippen LogP contribution is -2.52. The van der Waals surface area contributed by atoms with Gasteiger partial charge in [0.15, 0.2) is 11.5 Å². The smallest absolute Gasteiger partial charge is 0.241 e. The molecule has 1 aliphatic heterocycles. The average Bonchev–Trinajstić information content (AvgIpc) is 2.80. The van der Waals surface area contributed by atoms with Crippen LogP contribution in [0, 0.1) is 18.3 Å². The van der Waals surface area contributed by atoms with Gasteiger partial charge in [0.05, 0.1) is 31.5 Å². The monoisotopic (exact) mass is 422 g/mol. The number of nitriles is 1. The number of benzene rings is 2. The van der Waals surface area contributed by atoms with Gasteiger partial charge in [0.2, 0.25) is 5.91 Å². The molecule has 1 heterocycles. The first-order chi connectivity index (χ1) is 15.0. The van der Waals surface area contributed by atoms with Gasteiger partial charge in [-0.15, -0.1) is 0 Å². The summed E-state index contributed by atoms with van der Waals surface area (Å²) >= 11 is 0. The summed E-state index contributed by atoms with van der Waals surface area (Å²) in [5.41, 5.74) is 3.41. The number of hydrogen-bond acceptors (Lipinski definition) is 6. The van der Waals surface area contributed by atoms with Gasteiger partial charge in [-0.2, -0.15) is 5.26 Å². The molecule has 0 bridgehead atoms. The number of amides is 1. The van der Waals surface area contributed by atoms with Crippen LogP contribution in [0.4, 0.5) is 5.69 Å². The van der Waals surface area contributed by atoms with Crippen LogP contribution in [0.1, 0.15) is 23.6 Å². The number of methoxy groups -OCH3 is 2. The van der Waals surface area contributed by atoms with Gasteiger partial charge in [-0.3, -0.25) is 14.6 Å². The summed E-state index contributed by atoms with van der Waals surface area (Å²) in [6.45, 7) is 8.19. The molecule has 0 aliphatic carbocycles. The number of para-hydroxylation sites is 1. The molecule has 2 aromatic rings. The second-order valence-corrected chi connectivity index (χ2v) is 7.77. The van der Waals surface area contributed by atoms with Crippen molar-refractivity contribution in [3.63, 3.8) is 0 Å². The molecule has 0 spiro atoms. The number of anilines is 1. The van der Waals surface area contributed by atoms with Crippen molar-refractivity contribution in [3.05, 3.63) is 53.1 Å². The summed E-state index contributed by atoms with van der Waals surface area (Å²) in [6.07, 6.45) is 0. The van der Waals surface area contributed by atoms with E-state index in [2.05, 4.69) is 28.1 Å². The Morgan fingerprint density at radius 1 is 1.13 bits per heavy atom. The van der Waals surface area contributed by atoms with Crippen molar-refractivity contribution in [2.45, 2.75) is 26.4 Å². The lowest BCUT2D eigenvalue weighted by Gasteiger charge is -2.37. The Hall–Kier alpha value is -3.08. The van der Waals surface area contributed by atoms with E-state index >= 15 is 0 Å². The van der Waals surface area contributed by atoms with Crippen molar-refractivity contribution in [1.82, 2.24) is 9.80 Å². The summed E-state index contributed by atoms with van der Waals surface area (Å²) in [7, 11) is 3.30. The summed E-state index contributed by atoms with van der Waals surface area (Å²) in [5, 5.41) is 12.1. The van der Waals surface area contributed by atoms with Crippen molar-refractivity contribution < 1.29 is 14.3 Å². The van der Waals surface area contributed by atoms with Crippen molar-refractivity contribution >= 4 is 11.6 Å². The summed E-state index contributed by atoms with van der Waals surface area (Å²) in [6, 6.07) is 13.0. The number of nitrogens with one attached hydrogen (secondary N) is 1. The highest BCUT2D eigenvalue weighted by Crippen LogP contribution is 2.31. The minimum Gasteiger partial charge on any atom is -0.493 e. The van der Waals surface area contributed by atoms with E-state index < -0.39 is 0 Å². The molecule has 31 heavy (non-hydrogen) atoms. The van der Waals surface area contributed by atoms with Crippen LogP contribution in [0.15, 0.2) is 36.4 Å². The van der Waals surface area contributed by atoms with Gasteiger partial charge in [-0.25, -0.2) is 0 Å². The Labute approximate surface area is 184 Å². The first kappa shape index (κ1) is 22.6. The standard InChI is InChI=1S/C24H30N4O3/c1-17-13-22(30-3)23(31-4)14-20(17)16-27-9-11-28(12-10-27)18(2)24(29)26-21-8-6-5-7-19(21)15-25/h5-8,13-14,18H,9-12,16H2,1-4H3,(H,26,29)/t18-/m1/s1. The number of rotatable bonds is 7. The number of nitrogens with zero attached hydrogens (tertiary/aromatic N) is 3. The van der Waals surface area contributed by atoms with Crippen LogP contribution in [0.2, 0.25) is 0 Å². The molecule has 3 rings (SSSR count). The SMILES string of the molecule is COc1cc(C)c(CN2CCN([C@H](C)C(=O)Nc3ccccc3C#N)CC2)cc1OC. The van der Waals surface area contributed by atoms with Crippen molar-refractivity contribution in [1.29, 1.82) is 5.26 Å². The Morgan fingerprint density at radius 2 is 1.77 bits per heavy atom. The molecule has 1 atom stereocenters. The molecular weight excluding hydrogens is 392 g/mol. The Morgan fingerprint density at radius 3 is 2.42 bits per heavy atom. The summed E-state index contributed by atoms with van der Waals surface area (Å²) in [4.78, 5) is 17.3. The van der Waals surface area contributed by atoms with E-state index in [4.69, 9.17) is 9.47 Å². The van der Waals surface area contributed by atoms with Gasteiger partial charge in [0, 0.05) is 32.7 Å². The van der Waals surface area contributed by atoms with E-state index in [0.29, 0.717) is 11.3 Å². The zero-order valence-corrected chi connectivity index (χ0v) is 18.6. The molecular formula is C24H30N4O3. The minimum atomic E-state index is -0.267. The lowest BCUT2D eigenvalue weighted by molar-refractivity contribution is -0.121. The topological polar surface area (TPSA) is 77.8 Å². The fourth-order valence-corrected chi connectivity index (χ4v) is 3.84. The summed E-state index contributed by atoms with van der Waals surface area (Å²) < 4.78 is 10.8. The van der Waals surface area contributed by atoms with E-state index in [1.165, 1.54) is 11.1 Å². The normalized spacial score (nSPS) is 15.7. The van der Waals surface area contributed by atoms with Crippen LogP contribution >= 0.6 is 0 Å². The van der Waals surface area contributed by atoms with Crippen molar-refractivity contribution in [3.8, 4) is 17.6 Å². The van der Waals surface area contributed by atoms with Crippen LogP contribution in [-0.4, -0.2) is 62.1 Å². The molecule has 164 valence electrons. The highest BCUT2D eigenvalue weighted by Gasteiger charge is 2.26. The van der Waals surface area contributed by atoms with E-state index in [1.54, 1.807) is 32.4 Å². The Bertz CT molecular complexity index is 962. The quantitative estimate of drug-likeness (QED) is 0.739. The molecule has 7 nitrogen and oxygen atoms in total. The summed E-state index contributed by atoms with van der Waals surface area (Å²) in [5.74, 6) is 1.39. The fraction of sp³-hybridized carbons (Fsp3) is 0.417. The van der Waals surface area contributed by atoms with Gasteiger partial charge in [-0.05, 0) is 49.2 Å². The van der Waals surface area contributed by atoms with Gasteiger partial charge in [0.25, 0.3) is 0 Å². The van der Waals surface area contributed by atoms with E-state index in [-0.39, 0.29) is 11.9 Å². The lowest BCUT2D eigenvalue weighted by atomic mass is 10.1. The average molecular weight is 423 g/mol. The number of piperazine rings is 1. The second kappa shape index (κ2) is 10.3. The van der Waals surface area contributed by atoms with Crippen LogP contribution in [0.5, 0.6) is 11.5 Å². The van der Waals surface area contributed by atoms with E-state index in [9.17, 15) is 10.1 Å². The minimum absolute atomic E-state index is 0.0908. The number of carbonyl (C=O) groups is 1. The molecule has 0 radical (unpaired) electrons. The van der Waals surface area contributed by atoms with Gasteiger partial charge >= 0.3 is 0 Å². The Kier molecular flexibility index (Phi) is 7.50. The van der Waals surface area contributed by atoms with Gasteiger partial charge in [-0.1, -0.05) is 12.1 Å². The zero-order valence-electron chi connectivity index (χ0n) is 18.6. The van der Waals surface area contributed by atoms with Crippen molar-refractivity contribution in [2.75, 3.05) is 45.7 Å². The fourth-order valence-electron chi connectivity index (χ4n) is 3.84. The maximum atomic E-state index is 12.7. The predicted molar refractivity (Wildman–Crippen MR) is 120 cm³/mol. The zero-order chi connectivity index (χ0) is 22.4. The number of hydrogen-bond donors (Lipinski definition) is 1. The van der Waals surface area contributed by atoms with Crippen LogP contribution in [-0.2, 0) is 11.3 Å². The predicted octanol–water partition coefficient (Wildman–Crippen LogP) is 3.03. The molecule has 0 saturated carbocycles. The van der Waals surface area contributed by atoms with Crippen LogP contribution < -0.4 is 14.8 Å². The first-order valence-electron chi connectivity index (χ1n) is 10.4. The molecule has 1 amide bonds.